The molecule has 0 spiro atoms. The highest BCUT2D eigenvalue weighted by Crippen LogP contribution is 2.29. The highest BCUT2D eigenvalue weighted by Gasteiger charge is 2.31. The monoisotopic (exact) mass is 336 g/mol. The van der Waals surface area contributed by atoms with Gasteiger partial charge in [0, 0.05) is 30.4 Å². The van der Waals surface area contributed by atoms with Crippen LogP contribution in [0.15, 0.2) is 53.2 Å². The van der Waals surface area contributed by atoms with Crippen LogP contribution in [0.4, 0.5) is 0 Å². The molecule has 0 atom stereocenters. The van der Waals surface area contributed by atoms with Crippen LogP contribution in [0, 0.1) is 12.8 Å². The first kappa shape index (κ1) is 15.6. The van der Waals surface area contributed by atoms with E-state index in [9.17, 15) is 4.79 Å². The number of carbonyl (C=O) groups is 1. The van der Waals surface area contributed by atoms with Crippen molar-refractivity contribution in [3.8, 4) is 11.3 Å². The van der Waals surface area contributed by atoms with Crippen LogP contribution < -0.4 is 5.32 Å². The van der Waals surface area contributed by atoms with E-state index in [0.29, 0.717) is 11.6 Å². The van der Waals surface area contributed by atoms with Crippen molar-refractivity contribution in [3.05, 3.63) is 60.1 Å². The number of carbonyl (C=O) groups excluding carboxylic acids is 1. The fourth-order valence-corrected chi connectivity index (χ4v) is 3.22. The van der Waals surface area contributed by atoms with Crippen molar-refractivity contribution in [2.45, 2.75) is 32.4 Å². The lowest BCUT2D eigenvalue weighted by atomic mass is 9.80. The van der Waals surface area contributed by atoms with Crippen molar-refractivity contribution >= 4 is 5.91 Å². The highest BCUT2D eigenvalue weighted by molar-refractivity contribution is 5.92. The highest BCUT2D eigenvalue weighted by atomic mass is 16.5. The largest absolute Gasteiger partial charge is 0.350 e. The van der Waals surface area contributed by atoms with E-state index in [1.54, 1.807) is 6.07 Å². The lowest BCUT2D eigenvalue weighted by Gasteiger charge is -2.35. The predicted molar refractivity (Wildman–Crippen MR) is 92.9 cm³/mol. The van der Waals surface area contributed by atoms with Gasteiger partial charge in [0.25, 0.3) is 5.91 Å². The number of hydrogen-bond donors (Lipinski definition) is 1. The number of nitrogens with zero attached hydrogens (tertiary/aromatic N) is 3. The number of benzene rings is 1. The van der Waals surface area contributed by atoms with Gasteiger partial charge in [-0.2, -0.15) is 5.10 Å². The molecule has 1 N–H and O–H groups in total. The summed E-state index contributed by atoms with van der Waals surface area (Å²) in [5.74, 6) is 0.609. The minimum atomic E-state index is -0.201. The van der Waals surface area contributed by atoms with E-state index in [0.717, 1.165) is 30.6 Å². The van der Waals surface area contributed by atoms with Gasteiger partial charge in [-0.05, 0) is 31.7 Å². The molecule has 0 aliphatic heterocycles. The maximum Gasteiger partial charge on any atom is 0.290 e. The van der Waals surface area contributed by atoms with Crippen molar-refractivity contribution in [1.82, 2.24) is 20.3 Å². The van der Waals surface area contributed by atoms with Crippen LogP contribution in [0.3, 0.4) is 0 Å². The van der Waals surface area contributed by atoms with E-state index in [1.807, 2.05) is 54.2 Å². The molecule has 0 radical (unpaired) electrons. The van der Waals surface area contributed by atoms with Crippen LogP contribution in [0.5, 0.6) is 0 Å². The van der Waals surface area contributed by atoms with Crippen molar-refractivity contribution in [2.75, 3.05) is 0 Å². The van der Waals surface area contributed by atoms with Gasteiger partial charge < -0.3 is 9.84 Å². The molecular formula is C19H20N4O2. The molecule has 2 heterocycles. The molecule has 1 fully saturated rings. The second-order valence-corrected chi connectivity index (χ2v) is 6.63. The molecule has 0 bridgehead atoms. The van der Waals surface area contributed by atoms with E-state index < -0.39 is 0 Å². The molecule has 0 saturated heterocycles. The van der Waals surface area contributed by atoms with E-state index in [2.05, 4.69) is 15.6 Å². The van der Waals surface area contributed by atoms with Crippen LogP contribution in [-0.2, 0) is 6.54 Å². The summed E-state index contributed by atoms with van der Waals surface area (Å²) in [5.41, 5.74) is 2.64. The Labute approximate surface area is 145 Å². The minimum absolute atomic E-state index is 0.194. The average molecular weight is 336 g/mol. The van der Waals surface area contributed by atoms with Gasteiger partial charge in [0.1, 0.15) is 5.69 Å². The number of amides is 1. The molecule has 0 unspecified atom stereocenters. The Morgan fingerprint density at radius 3 is 2.80 bits per heavy atom. The molecule has 25 heavy (non-hydrogen) atoms. The summed E-state index contributed by atoms with van der Waals surface area (Å²) >= 11 is 0. The average Bonchev–Trinajstić information content (AvgIpc) is 3.23. The topological polar surface area (TPSA) is 73.0 Å². The Kier molecular flexibility index (Phi) is 4.09. The lowest BCUT2D eigenvalue weighted by molar-refractivity contribution is 0.0842. The molecule has 1 aliphatic carbocycles. The first-order chi connectivity index (χ1) is 12.2. The third kappa shape index (κ3) is 3.47. The van der Waals surface area contributed by atoms with Crippen LogP contribution >= 0.6 is 0 Å². The summed E-state index contributed by atoms with van der Waals surface area (Å²) in [6.45, 7) is 2.89. The van der Waals surface area contributed by atoms with Gasteiger partial charge in [0.05, 0.1) is 5.69 Å². The van der Waals surface area contributed by atoms with E-state index >= 15 is 0 Å². The second kappa shape index (κ2) is 6.55. The maximum absolute atomic E-state index is 12.3. The Balaban J connectivity index is 1.29. The third-order valence-electron chi connectivity index (χ3n) is 4.59. The molecule has 6 heteroatoms. The smallest absolute Gasteiger partial charge is 0.290 e. The number of nitrogens with one attached hydrogen (secondary N) is 1. The molecule has 4 rings (SSSR count). The molecule has 2 aromatic heterocycles. The van der Waals surface area contributed by atoms with Gasteiger partial charge in [-0.25, -0.2) is 0 Å². The zero-order valence-corrected chi connectivity index (χ0v) is 14.1. The van der Waals surface area contributed by atoms with Gasteiger partial charge in [-0.15, -0.1) is 0 Å². The normalized spacial score (nSPS) is 19.4. The fraction of sp³-hybridized carbons (Fsp3) is 0.316. The summed E-state index contributed by atoms with van der Waals surface area (Å²) in [6.07, 6.45) is 3.93. The molecule has 3 aromatic rings. The number of aryl methyl sites for hydroxylation is 1. The van der Waals surface area contributed by atoms with Gasteiger partial charge in [-0.3, -0.25) is 9.48 Å². The summed E-state index contributed by atoms with van der Waals surface area (Å²) in [7, 11) is 0. The summed E-state index contributed by atoms with van der Waals surface area (Å²) < 4.78 is 7.17. The van der Waals surface area contributed by atoms with Crippen molar-refractivity contribution in [2.24, 2.45) is 5.92 Å². The van der Waals surface area contributed by atoms with Gasteiger partial charge in [-0.1, -0.05) is 35.5 Å². The minimum Gasteiger partial charge on any atom is -0.350 e. The van der Waals surface area contributed by atoms with Crippen LogP contribution in [0.25, 0.3) is 11.3 Å². The lowest BCUT2D eigenvalue weighted by Crippen LogP contribution is -2.45. The molecule has 6 nitrogen and oxygen atoms in total. The van der Waals surface area contributed by atoms with Gasteiger partial charge >= 0.3 is 0 Å². The Morgan fingerprint density at radius 2 is 2.08 bits per heavy atom. The Hall–Kier alpha value is -2.89. The first-order valence-corrected chi connectivity index (χ1v) is 8.50. The molecule has 1 amide bonds. The number of rotatable bonds is 5. The van der Waals surface area contributed by atoms with Crippen molar-refractivity contribution in [3.63, 3.8) is 0 Å². The predicted octanol–water partition coefficient (Wildman–Crippen LogP) is 3.06. The molecule has 1 aromatic carbocycles. The Morgan fingerprint density at radius 1 is 1.28 bits per heavy atom. The maximum atomic E-state index is 12.3. The van der Waals surface area contributed by atoms with Gasteiger partial charge in [0.15, 0.2) is 0 Å². The van der Waals surface area contributed by atoms with E-state index in [4.69, 9.17) is 4.52 Å². The fourth-order valence-electron chi connectivity index (χ4n) is 3.22. The van der Waals surface area contributed by atoms with E-state index in [1.165, 1.54) is 0 Å². The second-order valence-electron chi connectivity index (χ2n) is 6.63. The SMILES string of the molecule is Cc1ccn(C[C@H]2C[C@H](NC(=O)c3cc(-c4ccccc4)no3)C2)n1. The van der Waals surface area contributed by atoms with Crippen LogP contribution in [-0.4, -0.2) is 26.9 Å². The zero-order valence-electron chi connectivity index (χ0n) is 14.1. The summed E-state index contributed by atoms with van der Waals surface area (Å²) in [5, 5.41) is 11.4. The standard InChI is InChI=1S/C19H20N4O2/c1-13-7-8-23(21-13)12-14-9-16(10-14)20-19(24)18-11-17(22-25-18)15-5-3-2-4-6-15/h2-8,11,14,16H,9-10,12H2,1H3,(H,20,24)/t14-,16-. The number of aromatic nitrogens is 3. The van der Waals surface area contributed by atoms with Crippen LogP contribution in [0.2, 0.25) is 0 Å². The van der Waals surface area contributed by atoms with Crippen molar-refractivity contribution < 1.29 is 9.32 Å². The summed E-state index contributed by atoms with van der Waals surface area (Å²) in [6, 6.07) is 13.6. The quantitative estimate of drug-likeness (QED) is 0.777. The third-order valence-corrected chi connectivity index (χ3v) is 4.59. The first-order valence-electron chi connectivity index (χ1n) is 8.50. The Bertz CT molecular complexity index is 862. The van der Waals surface area contributed by atoms with E-state index in [-0.39, 0.29) is 17.7 Å². The van der Waals surface area contributed by atoms with Crippen LogP contribution in [0.1, 0.15) is 29.1 Å². The summed E-state index contributed by atoms with van der Waals surface area (Å²) in [4.78, 5) is 12.3. The number of hydrogen-bond acceptors (Lipinski definition) is 4. The molecule has 1 saturated carbocycles. The van der Waals surface area contributed by atoms with Crippen molar-refractivity contribution in [1.29, 1.82) is 0 Å². The van der Waals surface area contributed by atoms with Gasteiger partial charge in [0.2, 0.25) is 5.76 Å². The molecular weight excluding hydrogens is 316 g/mol. The zero-order chi connectivity index (χ0) is 17.2. The molecule has 1 aliphatic rings. The molecule has 128 valence electrons.